The van der Waals surface area contributed by atoms with Crippen LogP contribution in [0.25, 0.3) is 11.0 Å². The Kier molecular flexibility index (Phi) is 3.33. The van der Waals surface area contributed by atoms with E-state index < -0.39 is 0 Å². The molecule has 0 unspecified atom stereocenters. The summed E-state index contributed by atoms with van der Waals surface area (Å²) in [6, 6.07) is 12.0. The normalized spacial score (nSPS) is 11.1. The van der Waals surface area contributed by atoms with Gasteiger partial charge in [0.05, 0.1) is 10.7 Å². The Hall–Kier alpha value is -1.33. The maximum Gasteiger partial charge on any atom is 0.156 e. The van der Waals surface area contributed by atoms with Crippen LogP contribution >= 0.6 is 27.9 Å². The van der Waals surface area contributed by atoms with Crippen LogP contribution in [0.4, 0.5) is 4.39 Å². The van der Waals surface area contributed by atoms with Gasteiger partial charge in [0.15, 0.2) is 11.5 Å². The Morgan fingerprint density at radius 3 is 2.74 bits per heavy atom. The third kappa shape index (κ3) is 2.28. The lowest BCUT2D eigenvalue weighted by Gasteiger charge is -2.06. The molecule has 5 heteroatoms. The molecule has 96 valence electrons. The summed E-state index contributed by atoms with van der Waals surface area (Å²) in [4.78, 5) is 5.31. The maximum atomic E-state index is 13.5. The molecule has 0 N–H and O–H groups in total. The lowest BCUT2D eigenvalue weighted by Crippen LogP contribution is -1.92. The van der Waals surface area contributed by atoms with Crippen molar-refractivity contribution in [2.45, 2.75) is 11.8 Å². The van der Waals surface area contributed by atoms with Crippen molar-refractivity contribution in [2.75, 3.05) is 0 Å². The van der Waals surface area contributed by atoms with Crippen LogP contribution in [0.5, 0.6) is 0 Å². The van der Waals surface area contributed by atoms with Gasteiger partial charge < -0.3 is 0 Å². The van der Waals surface area contributed by atoms with Gasteiger partial charge in [0.2, 0.25) is 0 Å². The van der Waals surface area contributed by atoms with Crippen molar-refractivity contribution in [3.05, 3.63) is 58.6 Å². The predicted molar refractivity (Wildman–Crippen MR) is 79.8 cm³/mol. The first-order valence-electron chi connectivity index (χ1n) is 5.72. The molecule has 0 amide bonds. The van der Waals surface area contributed by atoms with Crippen LogP contribution in [0, 0.1) is 12.7 Å². The zero-order chi connectivity index (χ0) is 13.4. The van der Waals surface area contributed by atoms with E-state index >= 15 is 0 Å². The van der Waals surface area contributed by atoms with Crippen LogP contribution in [0.3, 0.4) is 0 Å². The minimum atomic E-state index is -0.339. The summed E-state index contributed by atoms with van der Waals surface area (Å²) in [6.45, 7) is 1.99. The van der Waals surface area contributed by atoms with Gasteiger partial charge in [-0.25, -0.2) is 9.37 Å². The first-order chi connectivity index (χ1) is 9.16. The molecule has 0 saturated heterocycles. The fraction of sp³-hybridized carbons (Fsp3) is 0.0714. The zero-order valence-corrected chi connectivity index (χ0v) is 12.5. The van der Waals surface area contributed by atoms with Crippen molar-refractivity contribution < 1.29 is 4.39 Å². The van der Waals surface area contributed by atoms with E-state index in [9.17, 15) is 4.39 Å². The topological polar surface area (TPSA) is 17.8 Å². The van der Waals surface area contributed by atoms with Crippen molar-refractivity contribution in [2.24, 2.45) is 0 Å². The smallest absolute Gasteiger partial charge is 0.156 e. The van der Waals surface area contributed by atoms with E-state index in [1.807, 2.05) is 47.3 Å². The monoisotopic (exact) mass is 336 g/mol. The second-order valence-electron chi connectivity index (χ2n) is 4.14. The number of halogens is 2. The van der Waals surface area contributed by atoms with Crippen LogP contribution in [0.1, 0.15) is 5.69 Å². The average Bonchev–Trinajstić information content (AvgIpc) is 2.73. The van der Waals surface area contributed by atoms with Crippen molar-refractivity contribution in [3.63, 3.8) is 0 Å². The summed E-state index contributed by atoms with van der Waals surface area (Å²) in [5.41, 5.74) is 1.79. The largest absolute Gasteiger partial charge is 0.268 e. The number of hydrogen-bond acceptors (Lipinski definition) is 2. The summed E-state index contributed by atoms with van der Waals surface area (Å²) in [6.07, 6.45) is 1.24. The van der Waals surface area contributed by atoms with E-state index in [1.165, 1.54) is 6.20 Å². The highest BCUT2D eigenvalue weighted by Crippen LogP contribution is 2.32. The fourth-order valence-electron chi connectivity index (χ4n) is 1.90. The van der Waals surface area contributed by atoms with E-state index in [2.05, 4.69) is 20.9 Å². The van der Waals surface area contributed by atoms with E-state index in [4.69, 9.17) is 0 Å². The second-order valence-corrected chi connectivity index (χ2v) is 5.95. The molecule has 0 fully saturated rings. The second kappa shape index (κ2) is 4.98. The molecule has 0 spiro atoms. The number of fused-ring (bicyclic) bond motifs is 1. The number of rotatable bonds is 2. The molecular formula is C14H10BrFN2S. The molecule has 2 nitrogen and oxygen atoms in total. The molecule has 19 heavy (non-hydrogen) atoms. The number of pyridine rings is 1. The van der Waals surface area contributed by atoms with Gasteiger partial charge in [-0.05, 0) is 53.0 Å². The van der Waals surface area contributed by atoms with Gasteiger partial charge in [0.1, 0.15) is 0 Å². The summed E-state index contributed by atoms with van der Waals surface area (Å²) >= 11 is 4.85. The molecule has 0 atom stereocenters. The molecule has 3 rings (SSSR count). The summed E-state index contributed by atoms with van der Waals surface area (Å²) in [7, 11) is 0. The van der Waals surface area contributed by atoms with Crippen LogP contribution in [-0.4, -0.2) is 8.96 Å². The molecule has 0 aliphatic rings. The molecule has 2 heterocycles. The molecule has 0 bridgehead atoms. The van der Waals surface area contributed by atoms with Crippen molar-refractivity contribution in [1.29, 1.82) is 0 Å². The molecule has 2 aromatic heterocycles. The van der Waals surface area contributed by atoms with Crippen molar-refractivity contribution >= 4 is 38.9 Å². The van der Waals surface area contributed by atoms with Crippen molar-refractivity contribution in [3.8, 4) is 0 Å². The summed E-state index contributed by atoms with van der Waals surface area (Å²) in [5.74, 6) is -0.339. The minimum Gasteiger partial charge on any atom is -0.268 e. The minimum absolute atomic E-state index is 0.339. The van der Waals surface area contributed by atoms with Gasteiger partial charge in [-0.15, -0.1) is 0 Å². The van der Waals surface area contributed by atoms with Crippen LogP contribution < -0.4 is 0 Å². The Balaban J connectivity index is 2.14. The Bertz CT molecular complexity index is 740. The van der Waals surface area contributed by atoms with E-state index in [0.717, 1.165) is 21.6 Å². The highest BCUT2D eigenvalue weighted by atomic mass is 79.9. The number of benzene rings is 1. The van der Waals surface area contributed by atoms with E-state index in [-0.39, 0.29) is 5.82 Å². The highest BCUT2D eigenvalue weighted by Gasteiger charge is 2.13. The fourth-order valence-corrected chi connectivity index (χ4v) is 3.21. The van der Waals surface area contributed by atoms with E-state index in [0.29, 0.717) is 4.47 Å². The van der Waals surface area contributed by atoms with Crippen LogP contribution in [0.2, 0.25) is 0 Å². The van der Waals surface area contributed by atoms with Crippen LogP contribution in [0.15, 0.2) is 52.0 Å². The van der Waals surface area contributed by atoms with Crippen LogP contribution in [-0.2, 0) is 0 Å². The first kappa shape index (κ1) is 12.7. The molecule has 0 aliphatic carbocycles. The molecule has 0 radical (unpaired) electrons. The van der Waals surface area contributed by atoms with Crippen molar-refractivity contribution in [1.82, 2.24) is 8.96 Å². The zero-order valence-electron chi connectivity index (χ0n) is 10.1. The Morgan fingerprint density at radius 1 is 1.26 bits per heavy atom. The van der Waals surface area contributed by atoms with Gasteiger partial charge in [0.25, 0.3) is 0 Å². The lowest BCUT2D eigenvalue weighted by molar-refractivity contribution is 0.618. The summed E-state index contributed by atoms with van der Waals surface area (Å²) < 4.78 is 16.0. The predicted octanol–water partition coefficient (Wildman–Crippen LogP) is 4.80. The SMILES string of the molecule is Cc1cc2c(Br)c(F)cnc2n1Sc1ccccc1. The van der Waals surface area contributed by atoms with Gasteiger partial charge in [-0.2, -0.15) is 0 Å². The lowest BCUT2D eigenvalue weighted by atomic mass is 10.3. The molecule has 3 aromatic rings. The quantitative estimate of drug-likeness (QED) is 0.668. The highest BCUT2D eigenvalue weighted by molar-refractivity contribution is 9.10. The third-order valence-corrected chi connectivity index (χ3v) is 4.73. The molecular weight excluding hydrogens is 327 g/mol. The molecule has 0 aliphatic heterocycles. The summed E-state index contributed by atoms with van der Waals surface area (Å²) in [5, 5.41) is 0.793. The van der Waals surface area contributed by atoms with Gasteiger partial charge in [-0.1, -0.05) is 18.2 Å². The molecule has 1 aromatic carbocycles. The third-order valence-electron chi connectivity index (χ3n) is 2.79. The van der Waals surface area contributed by atoms with E-state index in [1.54, 1.807) is 11.9 Å². The maximum absolute atomic E-state index is 13.5. The number of nitrogens with zero attached hydrogens (tertiary/aromatic N) is 2. The van der Waals surface area contributed by atoms with Gasteiger partial charge >= 0.3 is 0 Å². The number of aryl methyl sites for hydroxylation is 1. The Labute approximate surface area is 122 Å². The Morgan fingerprint density at radius 2 is 2.00 bits per heavy atom. The first-order valence-corrected chi connectivity index (χ1v) is 7.29. The number of aromatic nitrogens is 2. The van der Waals surface area contributed by atoms with Gasteiger partial charge in [-0.3, -0.25) is 3.97 Å². The number of hydrogen-bond donors (Lipinski definition) is 0. The molecule has 0 saturated carbocycles. The standard InChI is InChI=1S/C14H10BrFN2S/c1-9-7-11-13(15)12(16)8-17-14(11)18(9)19-10-5-3-2-4-6-10/h2-8H,1H3. The average molecular weight is 337 g/mol. The van der Waals surface area contributed by atoms with Gasteiger partial charge in [0, 0.05) is 16.0 Å².